The number of rotatable bonds is 1. The number of β-amino-alcohol motifs (C(OH)–C–C–N with tert-alkyl or cyclic N) is 1. The van der Waals surface area contributed by atoms with Crippen LogP contribution in [0.2, 0.25) is 0 Å². The first-order valence-corrected chi connectivity index (χ1v) is 4.65. The quantitative estimate of drug-likeness (QED) is 0.642. The van der Waals surface area contributed by atoms with Crippen molar-refractivity contribution < 1.29 is 14.3 Å². The van der Waals surface area contributed by atoms with E-state index in [9.17, 15) is 14.3 Å². The van der Waals surface area contributed by atoms with E-state index in [1.165, 1.54) is 0 Å². The summed E-state index contributed by atoms with van der Waals surface area (Å²) >= 11 is 0. The van der Waals surface area contributed by atoms with Gasteiger partial charge in [-0.3, -0.25) is 4.79 Å². The van der Waals surface area contributed by atoms with E-state index in [4.69, 9.17) is 0 Å². The number of hydrogen-bond acceptors (Lipinski definition) is 2. The molecule has 13 heavy (non-hydrogen) atoms. The molecule has 1 N–H and O–H groups in total. The Bertz CT molecular complexity index is 246. The van der Waals surface area contributed by atoms with Crippen LogP contribution < -0.4 is 0 Å². The van der Waals surface area contributed by atoms with Crippen molar-refractivity contribution in [1.82, 2.24) is 4.90 Å². The van der Waals surface area contributed by atoms with Crippen LogP contribution in [0, 0.1) is 5.41 Å². The van der Waals surface area contributed by atoms with E-state index in [-0.39, 0.29) is 5.91 Å². The first-order chi connectivity index (χ1) is 6.04. The molecule has 3 atom stereocenters. The predicted molar refractivity (Wildman–Crippen MR) is 44.8 cm³/mol. The van der Waals surface area contributed by atoms with Crippen LogP contribution in [0.15, 0.2) is 0 Å². The van der Waals surface area contributed by atoms with Crippen LogP contribution >= 0.6 is 0 Å². The monoisotopic (exact) mass is 187 g/mol. The number of nitrogens with zero attached hydrogens (tertiary/aromatic N) is 1. The Balaban J connectivity index is 1.99. The molecule has 1 heterocycles. The van der Waals surface area contributed by atoms with Crippen LogP contribution in [0.1, 0.15) is 19.8 Å². The molecule has 4 heteroatoms. The molecule has 3 nitrogen and oxygen atoms in total. The lowest BCUT2D eigenvalue weighted by molar-refractivity contribution is -0.136. The molecule has 2 rings (SSSR count). The molecule has 0 aromatic carbocycles. The molecule has 1 aliphatic heterocycles. The molecule has 2 aliphatic rings. The van der Waals surface area contributed by atoms with Crippen molar-refractivity contribution in [3.8, 4) is 0 Å². The van der Waals surface area contributed by atoms with Gasteiger partial charge in [0.25, 0.3) is 0 Å². The molecular weight excluding hydrogens is 173 g/mol. The van der Waals surface area contributed by atoms with Gasteiger partial charge in [0.2, 0.25) is 5.91 Å². The number of likely N-dealkylation sites (tertiary alicyclic amines) is 1. The van der Waals surface area contributed by atoms with Crippen LogP contribution in [0.3, 0.4) is 0 Å². The third kappa shape index (κ3) is 1.33. The van der Waals surface area contributed by atoms with Gasteiger partial charge in [0, 0.05) is 13.1 Å². The number of carbonyl (C=O) groups excluding carboxylic acids is 1. The second-order valence-electron chi connectivity index (χ2n) is 4.28. The Hall–Kier alpha value is -0.640. The molecule has 1 saturated carbocycles. The van der Waals surface area contributed by atoms with E-state index in [0.29, 0.717) is 25.9 Å². The van der Waals surface area contributed by atoms with Gasteiger partial charge in [-0.05, 0) is 19.8 Å². The first-order valence-electron chi connectivity index (χ1n) is 4.65. The van der Waals surface area contributed by atoms with Crippen LogP contribution in [0.4, 0.5) is 4.39 Å². The summed E-state index contributed by atoms with van der Waals surface area (Å²) < 4.78 is 12.9. The number of alkyl halides is 1. The van der Waals surface area contributed by atoms with Crippen molar-refractivity contribution in [1.29, 1.82) is 0 Å². The van der Waals surface area contributed by atoms with Crippen molar-refractivity contribution in [3.05, 3.63) is 0 Å². The number of halogens is 1. The van der Waals surface area contributed by atoms with Crippen molar-refractivity contribution in [2.45, 2.75) is 32.0 Å². The molecule has 1 aliphatic carbocycles. The van der Waals surface area contributed by atoms with E-state index >= 15 is 0 Å². The van der Waals surface area contributed by atoms with Crippen molar-refractivity contribution >= 4 is 5.91 Å². The molecule has 0 spiro atoms. The van der Waals surface area contributed by atoms with Gasteiger partial charge in [-0.15, -0.1) is 0 Å². The summed E-state index contributed by atoms with van der Waals surface area (Å²) in [5.74, 6) is -0.128. The Morgan fingerprint density at radius 1 is 1.69 bits per heavy atom. The second kappa shape index (κ2) is 2.67. The minimum absolute atomic E-state index is 0.128. The Labute approximate surface area is 76.5 Å². The zero-order chi connectivity index (χ0) is 9.64. The highest BCUT2D eigenvalue weighted by molar-refractivity contribution is 5.86. The summed E-state index contributed by atoms with van der Waals surface area (Å²) in [6, 6.07) is 0. The smallest absolute Gasteiger partial charge is 0.231 e. The lowest BCUT2D eigenvalue weighted by atomic mass is 10.1. The maximum Gasteiger partial charge on any atom is 0.231 e. The van der Waals surface area contributed by atoms with Gasteiger partial charge >= 0.3 is 0 Å². The fraction of sp³-hybridized carbons (Fsp3) is 0.889. The fourth-order valence-electron chi connectivity index (χ4n) is 1.82. The van der Waals surface area contributed by atoms with E-state index in [1.54, 1.807) is 11.8 Å². The molecule has 2 fully saturated rings. The van der Waals surface area contributed by atoms with E-state index in [1.807, 2.05) is 0 Å². The second-order valence-corrected chi connectivity index (χ2v) is 4.28. The third-order valence-electron chi connectivity index (χ3n) is 3.07. The highest BCUT2D eigenvalue weighted by atomic mass is 19.1. The average Bonchev–Trinajstić information content (AvgIpc) is 2.51. The number of aliphatic hydroxyl groups excluding tert-OH is 1. The van der Waals surface area contributed by atoms with Gasteiger partial charge in [0.1, 0.15) is 6.17 Å². The zero-order valence-corrected chi connectivity index (χ0v) is 7.66. The summed E-state index contributed by atoms with van der Waals surface area (Å²) in [6.45, 7) is 2.61. The van der Waals surface area contributed by atoms with Gasteiger partial charge in [-0.25, -0.2) is 4.39 Å². The lowest BCUT2D eigenvalue weighted by Gasteiger charge is -2.19. The molecular formula is C9H14FNO2. The van der Waals surface area contributed by atoms with Crippen LogP contribution in [-0.2, 0) is 4.79 Å². The topological polar surface area (TPSA) is 40.5 Å². The summed E-state index contributed by atoms with van der Waals surface area (Å²) in [5, 5.41) is 9.21. The fourth-order valence-corrected chi connectivity index (χ4v) is 1.82. The summed E-state index contributed by atoms with van der Waals surface area (Å²) in [6.07, 6.45) is -0.417. The molecule has 1 saturated heterocycles. The zero-order valence-electron chi connectivity index (χ0n) is 7.66. The number of hydrogen-bond donors (Lipinski definition) is 1. The molecule has 0 bridgehead atoms. The molecule has 0 aromatic rings. The minimum atomic E-state index is -0.974. The SMILES string of the molecule is CC1(C(=O)N2CC[C@@H](O)C2)CC1F. The summed E-state index contributed by atoms with van der Waals surface area (Å²) in [5.41, 5.74) is -0.774. The van der Waals surface area contributed by atoms with E-state index < -0.39 is 17.7 Å². The van der Waals surface area contributed by atoms with Crippen LogP contribution in [0.25, 0.3) is 0 Å². The number of amides is 1. The van der Waals surface area contributed by atoms with Crippen molar-refractivity contribution in [2.24, 2.45) is 5.41 Å². The van der Waals surface area contributed by atoms with Gasteiger partial charge < -0.3 is 10.0 Å². The highest BCUT2D eigenvalue weighted by Crippen LogP contribution is 2.49. The summed E-state index contributed by atoms with van der Waals surface area (Å²) in [4.78, 5) is 13.2. The maximum absolute atomic E-state index is 12.9. The van der Waals surface area contributed by atoms with Crippen LogP contribution in [-0.4, -0.2) is 41.3 Å². The number of carbonyl (C=O) groups is 1. The Morgan fingerprint density at radius 3 is 2.69 bits per heavy atom. The first kappa shape index (κ1) is 8.94. The highest BCUT2D eigenvalue weighted by Gasteiger charge is 2.58. The standard InChI is InChI=1S/C9H14FNO2/c1-9(4-7(9)10)8(13)11-3-2-6(12)5-11/h6-7,12H,2-5H2,1H3/t6-,7?,9?/m1/s1. The van der Waals surface area contributed by atoms with Gasteiger partial charge in [-0.2, -0.15) is 0 Å². The molecule has 2 unspecified atom stereocenters. The lowest BCUT2D eigenvalue weighted by Crippen LogP contribution is -2.36. The number of aliphatic hydroxyl groups is 1. The van der Waals surface area contributed by atoms with E-state index in [2.05, 4.69) is 0 Å². The van der Waals surface area contributed by atoms with E-state index in [0.717, 1.165) is 0 Å². The van der Waals surface area contributed by atoms with Crippen LogP contribution in [0.5, 0.6) is 0 Å². The molecule has 74 valence electrons. The minimum Gasteiger partial charge on any atom is -0.391 e. The molecule has 1 amide bonds. The average molecular weight is 187 g/mol. The Morgan fingerprint density at radius 2 is 2.31 bits per heavy atom. The van der Waals surface area contributed by atoms with Gasteiger partial charge in [0.05, 0.1) is 11.5 Å². The summed E-state index contributed by atoms with van der Waals surface area (Å²) in [7, 11) is 0. The molecule has 0 aromatic heterocycles. The largest absolute Gasteiger partial charge is 0.391 e. The van der Waals surface area contributed by atoms with Gasteiger partial charge in [-0.1, -0.05) is 0 Å². The normalized spacial score (nSPS) is 43.8. The third-order valence-corrected chi connectivity index (χ3v) is 3.07. The molecule has 0 radical (unpaired) electrons. The van der Waals surface area contributed by atoms with Gasteiger partial charge in [0.15, 0.2) is 0 Å². The Kier molecular flexibility index (Phi) is 1.84. The predicted octanol–water partition coefficient (Wildman–Crippen LogP) is 0.328. The van der Waals surface area contributed by atoms with Crippen molar-refractivity contribution in [2.75, 3.05) is 13.1 Å². The maximum atomic E-state index is 12.9. The van der Waals surface area contributed by atoms with Crippen molar-refractivity contribution in [3.63, 3.8) is 0 Å².